The van der Waals surface area contributed by atoms with Crippen LogP contribution in [0.5, 0.6) is 0 Å². The average Bonchev–Trinajstić information content (AvgIpc) is 3.24. The van der Waals surface area contributed by atoms with Crippen LogP contribution in [-0.2, 0) is 5.75 Å². The molecular weight excluding hydrogens is 268 g/mol. The van der Waals surface area contributed by atoms with E-state index in [0.29, 0.717) is 6.04 Å². The van der Waals surface area contributed by atoms with E-state index in [0.717, 1.165) is 16.4 Å². The molecule has 0 aliphatic heterocycles. The van der Waals surface area contributed by atoms with Gasteiger partial charge in [0, 0.05) is 23.4 Å². The van der Waals surface area contributed by atoms with Gasteiger partial charge in [-0.2, -0.15) is 0 Å². The molecule has 0 unspecified atom stereocenters. The first-order chi connectivity index (χ1) is 9.92. The number of thioether (sulfide) groups is 1. The minimum Gasteiger partial charge on any atom is -0.306 e. The SMILES string of the molecule is c1cnc2c(CSc3nncn3C3CC3)cccc2c1. The Kier molecular flexibility index (Phi) is 2.92. The predicted octanol–water partition coefficient (Wildman–Crippen LogP) is 3.45. The number of hydrogen-bond donors (Lipinski definition) is 0. The van der Waals surface area contributed by atoms with Gasteiger partial charge in [-0.1, -0.05) is 36.0 Å². The van der Waals surface area contributed by atoms with Gasteiger partial charge in [0.2, 0.25) is 0 Å². The Hall–Kier alpha value is -1.88. The molecule has 1 aliphatic carbocycles. The van der Waals surface area contributed by atoms with E-state index < -0.39 is 0 Å². The summed E-state index contributed by atoms with van der Waals surface area (Å²) in [6.45, 7) is 0. The molecule has 1 saturated carbocycles. The van der Waals surface area contributed by atoms with Crippen molar-refractivity contribution in [3.05, 3.63) is 48.4 Å². The largest absolute Gasteiger partial charge is 0.306 e. The minimum absolute atomic E-state index is 0.623. The van der Waals surface area contributed by atoms with Gasteiger partial charge in [0.1, 0.15) is 6.33 Å². The van der Waals surface area contributed by atoms with Crippen LogP contribution in [0.25, 0.3) is 10.9 Å². The number of aromatic nitrogens is 4. The maximum Gasteiger partial charge on any atom is 0.191 e. The molecule has 2 aromatic heterocycles. The molecule has 4 rings (SSSR count). The van der Waals surface area contributed by atoms with E-state index >= 15 is 0 Å². The third kappa shape index (κ3) is 2.18. The fraction of sp³-hybridized carbons (Fsp3) is 0.267. The van der Waals surface area contributed by atoms with E-state index in [4.69, 9.17) is 0 Å². The van der Waals surface area contributed by atoms with Crippen LogP contribution >= 0.6 is 11.8 Å². The molecule has 1 aromatic carbocycles. The molecule has 0 N–H and O–H groups in total. The molecule has 0 amide bonds. The van der Waals surface area contributed by atoms with Crippen molar-refractivity contribution in [1.82, 2.24) is 19.7 Å². The van der Waals surface area contributed by atoms with Gasteiger partial charge < -0.3 is 4.57 Å². The Balaban J connectivity index is 1.60. The van der Waals surface area contributed by atoms with Gasteiger partial charge in [-0.25, -0.2) is 0 Å². The third-order valence-corrected chi connectivity index (χ3v) is 4.56. The molecular formula is C15H14N4S. The molecule has 0 saturated heterocycles. The van der Waals surface area contributed by atoms with Crippen molar-refractivity contribution in [2.45, 2.75) is 29.8 Å². The normalized spacial score (nSPS) is 14.8. The molecule has 0 bridgehead atoms. The number of nitrogens with zero attached hydrogens (tertiary/aromatic N) is 4. The lowest BCUT2D eigenvalue weighted by Crippen LogP contribution is -1.95. The van der Waals surface area contributed by atoms with Gasteiger partial charge in [0.25, 0.3) is 0 Å². The molecule has 100 valence electrons. The first-order valence-corrected chi connectivity index (χ1v) is 7.75. The fourth-order valence-corrected chi connectivity index (χ4v) is 3.33. The van der Waals surface area contributed by atoms with Gasteiger partial charge in [0.15, 0.2) is 5.16 Å². The molecule has 3 aromatic rings. The molecule has 2 heterocycles. The highest BCUT2D eigenvalue weighted by Crippen LogP contribution is 2.38. The Bertz CT molecular complexity index is 743. The summed E-state index contributed by atoms with van der Waals surface area (Å²) in [5, 5.41) is 10.5. The fourth-order valence-electron chi connectivity index (χ4n) is 2.36. The quantitative estimate of drug-likeness (QED) is 0.687. The predicted molar refractivity (Wildman–Crippen MR) is 79.6 cm³/mol. The summed E-state index contributed by atoms with van der Waals surface area (Å²) in [5.74, 6) is 0.875. The lowest BCUT2D eigenvalue weighted by molar-refractivity contribution is 0.663. The number of hydrogen-bond acceptors (Lipinski definition) is 4. The van der Waals surface area contributed by atoms with Crippen molar-refractivity contribution in [3.8, 4) is 0 Å². The number of benzene rings is 1. The van der Waals surface area contributed by atoms with Gasteiger partial charge in [-0.3, -0.25) is 4.98 Å². The maximum atomic E-state index is 4.49. The van der Waals surface area contributed by atoms with Crippen molar-refractivity contribution in [1.29, 1.82) is 0 Å². The Morgan fingerprint density at radius 2 is 2.10 bits per heavy atom. The highest BCUT2D eigenvalue weighted by molar-refractivity contribution is 7.98. The van der Waals surface area contributed by atoms with Crippen LogP contribution in [0.1, 0.15) is 24.4 Å². The second-order valence-corrected chi connectivity index (χ2v) is 5.98. The molecule has 0 radical (unpaired) electrons. The van der Waals surface area contributed by atoms with Gasteiger partial charge in [-0.05, 0) is 24.5 Å². The zero-order valence-corrected chi connectivity index (χ0v) is 11.8. The van der Waals surface area contributed by atoms with Crippen LogP contribution in [0.2, 0.25) is 0 Å². The summed E-state index contributed by atoms with van der Waals surface area (Å²) in [6.07, 6.45) is 6.20. The van der Waals surface area contributed by atoms with E-state index in [2.05, 4.69) is 44.0 Å². The van der Waals surface area contributed by atoms with E-state index in [1.54, 1.807) is 11.8 Å². The van der Waals surface area contributed by atoms with Crippen molar-refractivity contribution >= 4 is 22.7 Å². The smallest absolute Gasteiger partial charge is 0.191 e. The molecule has 0 spiro atoms. The minimum atomic E-state index is 0.623. The van der Waals surface area contributed by atoms with Gasteiger partial charge >= 0.3 is 0 Å². The first-order valence-electron chi connectivity index (χ1n) is 6.77. The average molecular weight is 282 g/mol. The van der Waals surface area contributed by atoms with Crippen molar-refractivity contribution in [3.63, 3.8) is 0 Å². The van der Waals surface area contributed by atoms with E-state index in [1.807, 2.05) is 18.6 Å². The van der Waals surface area contributed by atoms with Crippen LogP contribution in [0, 0.1) is 0 Å². The second-order valence-electron chi connectivity index (χ2n) is 5.03. The van der Waals surface area contributed by atoms with Crippen LogP contribution in [0.4, 0.5) is 0 Å². The lowest BCUT2D eigenvalue weighted by atomic mass is 10.1. The number of rotatable bonds is 4. The van der Waals surface area contributed by atoms with Crippen molar-refractivity contribution in [2.24, 2.45) is 0 Å². The molecule has 4 nitrogen and oxygen atoms in total. The van der Waals surface area contributed by atoms with Crippen LogP contribution in [0.3, 0.4) is 0 Å². The number of para-hydroxylation sites is 1. The van der Waals surface area contributed by atoms with E-state index in [1.165, 1.54) is 23.8 Å². The molecule has 1 aliphatic rings. The highest BCUT2D eigenvalue weighted by atomic mass is 32.2. The van der Waals surface area contributed by atoms with Crippen molar-refractivity contribution < 1.29 is 0 Å². The van der Waals surface area contributed by atoms with Crippen LogP contribution in [0.15, 0.2) is 48.0 Å². The third-order valence-electron chi connectivity index (χ3n) is 3.55. The Morgan fingerprint density at radius 3 is 3.00 bits per heavy atom. The maximum absolute atomic E-state index is 4.49. The summed E-state index contributed by atoms with van der Waals surface area (Å²) in [6, 6.07) is 11.0. The molecule has 0 atom stereocenters. The van der Waals surface area contributed by atoms with Crippen molar-refractivity contribution in [2.75, 3.05) is 0 Å². The van der Waals surface area contributed by atoms with Gasteiger partial charge in [-0.15, -0.1) is 10.2 Å². The summed E-state index contributed by atoms with van der Waals surface area (Å²) in [5.41, 5.74) is 2.33. The lowest BCUT2D eigenvalue weighted by Gasteiger charge is -2.06. The summed E-state index contributed by atoms with van der Waals surface area (Å²) in [4.78, 5) is 4.49. The molecule has 5 heteroatoms. The zero-order valence-electron chi connectivity index (χ0n) is 10.9. The first kappa shape index (κ1) is 11.9. The topological polar surface area (TPSA) is 43.6 Å². The summed E-state index contributed by atoms with van der Waals surface area (Å²) < 4.78 is 2.20. The molecule has 20 heavy (non-hydrogen) atoms. The highest BCUT2D eigenvalue weighted by Gasteiger charge is 2.26. The van der Waals surface area contributed by atoms with E-state index in [-0.39, 0.29) is 0 Å². The Morgan fingerprint density at radius 1 is 1.20 bits per heavy atom. The summed E-state index contributed by atoms with van der Waals surface area (Å²) in [7, 11) is 0. The van der Waals surface area contributed by atoms with Crippen LogP contribution < -0.4 is 0 Å². The Labute approximate surface area is 121 Å². The monoisotopic (exact) mass is 282 g/mol. The summed E-state index contributed by atoms with van der Waals surface area (Å²) >= 11 is 1.74. The molecule has 1 fully saturated rings. The van der Waals surface area contributed by atoms with Crippen LogP contribution in [-0.4, -0.2) is 19.7 Å². The number of pyridine rings is 1. The van der Waals surface area contributed by atoms with E-state index in [9.17, 15) is 0 Å². The van der Waals surface area contributed by atoms with Gasteiger partial charge in [0.05, 0.1) is 5.52 Å². The second kappa shape index (κ2) is 4.90. The zero-order chi connectivity index (χ0) is 13.4. The standard InChI is InChI=1S/C15H14N4S/c1-3-11-5-2-8-16-14(11)12(4-1)9-20-15-18-17-10-19(15)13-6-7-13/h1-5,8,10,13H,6-7,9H2. The number of fused-ring (bicyclic) bond motifs is 1.